The fourth-order valence-corrected chi connectivity index (χ4v) is 6.51. The van der Waals surface area contributed by atoms with E-state index in [0.29, 0.717) is 49.7 Å². The van der Waals surface area contributed by atoms with Gasteiger partial charge in [-0.1, -0.05) is 31.4 Å². The maximum Gasteiger partial charge on any atom is 0.256 e. The Hall–Kier alpha value is -2.75. The number of hydrogen-bond acceptors (Lipinski definition) is 5. The van der Waals surface area contributed by atoms with Gasteiger partial charge in [0.15, 0.2) is 0 Å². The van der Waals surface area contributed by atoms with Gasteiger partial charge in [-0.05, 0) is 48.7 Å². The standard InChI is InChI=1S/C25H29N3O5S/c29-24(26-19-9-11-21(12-10-19)34(31,32)27-13-15-33-16-14-27)22-8-4-5-18-17-28(25(30)23(18)22)20-6-2-1-3-7-20/h4-5,8-12,20H,1-3,6-7,13-17H2,(H,26,29). The molecule has 2 heterocycles. The smallest absolute Gasteiger partial charge is 0.256 e. The molecule has 180 valence electrons. The Balaban J connectivity index is 1.31. The van der Waals surface area contributed by atoms with Crippen LogP contribution in [-0.4, -0.2) is 61.8 Å². The van der Waals surface area contributed by atoms with Gasteiger partial charge in [-0.25, -0.2) is 8.42 Å². The summed E-state index contributed by atoms with van der Waals surface area (Å²) in [5.41, 5.74) is 2.19. The topological polar surface area (TPSA) is 96.0 Å². The lowest BCUT2D eigenvalue weighted by molar-refractivity contribution is 0.0657. The first-order chi connectivity index (χ1) is 16.4. The molecule has 2 aromatic carbocycles. The lowest BCUT2D eigenvalue weighted by Crippen LogP contribution is -2.40. The van der Waals surface area contributed by atoms with Gasteiger partial charge in [-0.3, -0.25) is 9.59 Å². The maximum absolute atomic E-state index is 13.2. The first kappa shape index (κ1) is 23.0. The second-order valence-electron chi connectivity index (χ2n) is 9.06. The molecule has 0 aromatic heterocycles. The molecular formula is C25H29N3O5S. The normalized spacial score (nSPS) is 19.8. The second kappa shape index (κ2) is 9.48. The third kappa shape index (κ3) is 4.35. The molecular weight excluding hydrogens is 454 g/mol. The fraction of sp³-hybridized carbons (Fsp3) is 0.440. The van der Waals surface area contributed by atoms with Crippen LogP contribution in [0.2, 0.25) is 0 Å². The largest absolute Gasteiger partial charge is 0.379 e. The highest BCUT2D eigenvalue weighted by atomic mass is 32.2. The van der Waals surface area contributed by atoms with E-state index in [-0.39, 0.29) is 22.8 Å². The molecule has 2 fully saturated rings. The summed E-state index contributed by atoms with van der Waals surface area (Å²) < 4.78 is 32.3. The number of ether oxygens (including phenoxy) is 1. The van der Waals surface area contributed by atoms with Crippen LogP contribution in [0.4, 0.5) is 5.69 Å². The van der Waals surface area contributed by atoms with Gasteiger partial charge in [-0.2, -0.15) is 4.31 Å². The van der Waals surface area contributed by atoms with Crippen molar-refractivity contribution in [3.63, 3.8) is 0 Å². The van der Waals surface area contributed by atoms with E-state index >= 15 is 0 Å². The summed E-state index contributed by atoms with van der Waals surface area (Å²) >= 11 is 0. The van der Waals surface area contributed by atoms with Crippen LogP contribution in [0, 0.1) is 0 Å². The molecule has 1 saturated heterocycles. The van der Waals surface area contributed by atoms with Crippen LogP contribution in [0.5, 0.6) is 0 Å². The number of benzene rings is 2. The number of carbonyl (C=O) groups excluding carboxylic acids is 2. The van der Waals surface area contributed by atoms with E-state index in [4.69, 9.17) is 4.74 Å². The highest BCUT2D eigenvalue weighted by Gasteiger charge is 2.36. The van der Waals surface area contributed by atoms with E-state index in [1.165, 1.54) is 22.9 Å². The van der Waals surface area contributed by atoms with Gasteiger partial charge in [0.1, 0.15) is 0 Å². The van der Waals surface area contributed by atoms with Crippen LogP contribution in [0.1, 0.15) is 58.4 Å². The number of anilines is 1. The Labute approximate surface area is 199 Å². The number of sulfonamides is 1. The van der Waals surface area contributed by atoms with E-state index in [9.17, 15) is 18.0 Å². The van der Waals surface area contributed by atoms with Crippen molar-refractivity contribution in [3.05, 3.63) is 59.2 Å². The van der Waals surface area contributed by atoms with E-state index in [1.807, 2.05) is 17.0 Å². The molecule has 0 atom stereocenters. The molecule has 34 heavy (non-hydrogen) atoms. The Bertz CT molecular complexity index is 1180. The zero-order chi connectivity index (χ0) is 23.7. The van der Waals surface area contributed by atoms with Crippen LogP contribution < -0.4 is 5.32 Å². The van der Waals surface area contributed by atoms with E-state index in [2.05, 4.69) is 5.32 Å². The summed E-state index contributed by atoms with van der Waals surface area (Å²) in [6.45, 7) is 1.96. The number of carbonyl (C=O) groups is 2. The predicted molar refractivity (Wildman–Crippen MR) is 127 cm³/mol. The molecule has 2 amide bonds. The van der Waals surface area contributed by atoms with Gasteiger partial charge >= 0.3 is 0 Å². The van der Waals surface area contributed by atoms with Gasteiger partial charge in [0.2, 0.25) is 10.0 Å². The summed E-state index contributed by atoms with van der Waals surface area (Å²) in [6, 6.07) is 11.8. The third-order valence-corrected chi connectivity index (χ3v) is 8.86. The molecule has 5 rings (SSSR count). The minimum absolute atomic E-state index is 0.0698. The van der Waals surface area contributed by atoms with E-state index in [1.54, 1.807) is 18.2 Å². The Kier molecular flexibility index (Phi) is 6.42. The van der Waals surface area contributed by atoms with Crippen molar-refractivity contribution in [1.82, 2.24) is 9.21 Å². The Morgan fingerprint density at radius 3 is 2.38 bits per heavy atom. The maximum atomic E-state index is 13.2. The van der Waals surface area contributed by atoms with Crippen molar-refractivity contribution in [2.24, 2.45) is 0 Å². The number of rotatable bonds is 5. The van der Waals surface area contributed by atoms with Gasteiger partial charge in [0.05, 0.1) is 29.2 Å². The van der Waals surface area contributed by atoms with Crippen LogP contribution in [0.3, 0.4) is 0 Å². The number of nitrogens with one attached hydrogen (secondary N) is 1. The zero-order valence-electron chi connectivity index (χ0n) is 19.0. The molecule has 0 radical (unpaired) electrons. The zero-order valence-corrected chi connectivity index (χ0v) is 19.9. The van der Waals surface area contributed by atoms with Crippen LogP contribution >= 0.6 is 0 Å². The average Bonchev–Trinajstić information content (AvgIpc) is 3.22. The van der Waals surface area contributed by atoms with E-state index < -0.39 is 10.0 Å². The lowest BCUT2D eigenvalue weighted by atomic mass is 9.94. The number of hydrogen-bond donors (Lipinski definition) is 1. The minimum Gasteiger partial charge on any atom is -0.379 e. The highest BCUT2D eigenvalue weighted by molar-refractivity contribution is 7.89. The SMILES string of the molecule is O=C(Nc1ccc(S(=O)(=O)N2CCOCC2)cc1)c1cccc2c1C(=O)N(C1CCCCC1)C2. The lowest BCUT2D eigenvalue weighted by Gasteiger charge is -2.30. The number of morpholine rings is 1. The van der Waals surface area contributed by atoms with Crippen molar-refractivity contribution in [2.75, 3.05) is 31.6 Å². The van der Waals surface area contributed by atoms with Gasteiger partial charge in [0.25, 0.3) is 11.8 Å². The molecule has 0 bridgehead atoms. The minimum atomic E-state index is -3.60. The summed E-state index contributed by atoms with van der Waals surface area (Å²) in [4.78, 5) is 28.4. The molecule has 1 saturated carbocycles. The molecule has 0 spiro atoms. The summed E-state index contributed by atoms with van der Waals surface area (Å²) in [5.74, 6) is -0.445. The van der Waals surface area contributed by atoms with Crippen molar-refractivity contribution in [3.8, 4) is 0 Å². The van der Waals surface area contributed by atoms with Crippen LogP contribution in [-0.2, 0) is 21.3 Å². The molecule has 9 heteroatoms. The fourth-order valence-electron chi connectivity index (χ4n) is 5.10. The number of amides is 2. The first-order valence-corrected chi connectivity index (χ1v) is 13.3. The second-order valence-corrected chi connectivity index (χ2v) is 11.0. The van der Waals surface area contributed by atoms with Gasteiger partial charge in [0, 0.05) is 31.4 Å². The number of nitrogens with zero attached hydrogens (tertiary/aromatic N) is 2. The van der Waals surface area contributed by atoms with Gasteiger partial charge in [-0.15, -0.1) is 0 Å². The monoisotopic (exact) mass is 483 g/mol. The first-order valence-electron chi connectivity index (χ1n) is 11.9. The van der Waals surface area contributed by atoms with Crippen LogP contribution in [0.15, 0.2) is 47.4 Å². The number of fused-ring (bicyclic) bond motifs is 1. The van der Waals surface area contributed by atoms with Crippen molar-refractivity contribution < 1.29 is 22.7 Å². The quantitative estimate of drug-likeness (QED) is 0.704. The summed E-state index contributed by atoms with van der Waals surface area (Å²) in [7, 11) is -3.60. The Morgan fingerprint density at radius 1 is 0.971 bits per heavy atom. The molecule has 1 N–H and O–H groups in total. The van der Waals surface area contributed by atoms with Crippen LogP contribution in [0.25, 0.3) is 0 Å². The predicted octanol–water partition coefficient (Wildman–Crippen LogP) is 3.25. The average molecular weight is 484 g/mol. The van der Waals surface area contributed by atoms with Gasteiger partial charge < -0.3 is 15.0 Å². The molecule has 2 aromatic rings. The van der Waals surface area contributed by atoms with Crippen molar-refractivity contribution in [2.45, 2.75) is 49.6 Å². The summed E-state index contributed by atoms with van der Waals surface area (Å²) in [6.07, 6.45) is 5.51. The molecule has 3 aliphatic rings. The van der Waals surface area contributed by atoms with Crippen molar-refractivity contribution in [1.29, 1.82) is 0 Å². The van der Waals surface area contributed by atoms with E-state index in [0.717, 1.165) is 31.2 Å². The van der Waals surface area contributed by atoms with Crippen molar-refractivity contribution >= 4 is 27.5 Å². The molecule has 1 aliphatic carbocycles. The molecule has 2 aliphatic heterocycles. The third-order valence-electron chi connectivity index (χ3n) is 6.95. The summed E-state index contributed by atoms with van der Waals surface area (Å²) in [5, 5.41) is 2.82. The molecule has 8 nitrogen and oxygen atoms in total. The molecule has 0 unspecified atom stereocenters. The Morgan fingerprint density at radius 2 is 1.68 bits per heavy atom. The highest BCUT2D eigenvalue weighted by Crippen LogP contribution is 2.33.